The zero-order valence-electron chi connectivity index (χ0n) is 13.6. The zero-order chi connectivity index (χ0) is 15.0. The van der Waals surface area contributed by atoms with Crippen LogP contribution >= 0.6 is 0 Å². The highest BCUT2D eigenvalue weighted by Crippen LogP contribution is 2.59. The molecule has 0 spiro atoms. The third kappa shape index (κ3) is 2.39. The van der Waals surface area contributed by atoms with Crippen molar-refractivity contribution in [3.05, 3.63) is 11.1 Å². The number of ketones is 1. The van der Waals surface area contributed by atoms with Gasteiger partial charge < -0.3 is 9.47 Å². The molecule has 0 amide bonds. The van der Waals surface area contributed by atoms with E-state index in [-0.39, 0.29) is 5.41 Å². The van der Waals surface area contributed by atoms with Gasteiger partial charge in [-0.1, -0.05) is 19.4 Å². The van der Waals surface area contributed by atoms with Crippen molar-refractivity contribution in [1.82, 2.24) is 0 Å². The fourth-order valence-electron chi connectivity index (χ4n) is 5.28. The lowest BCUT2D eigenvalue weighted by atomic mass is 9.58. The Morgan fingerprint density at radius 2 is 2.05 bits per heavy atom. The second kappa shape index (κ2) is 5.85. The van der Waals surface area contributed by atoms with Crippen LogP contribution in [0.25, 0.3) is 0 Å². The molecular weight excluding hydrogens is 264 g/mol. The lowest BCUT2D eigenvalue weighted by Crippen LogP contribution is -2.43. The van der Waals surface area contributed by atoms with Crippen LogP contribution in [-0.2, 0) is 14.3 Å². The molecule has 0 aromatic carbocycles. The standard InChI is InChI=1S/C18H28O3/c1-4-12-13-9-10-18(2)15(14(13)5-7-16(12)19)6-8-17(18)21-11-20-3/h14-15,17H,4-11H2,1-3H3/t14?,15?,17?,18-/m1/s1. The smallest absolute Gasteiger partial charge is 0.158 e. The van der Waals surface area contributed by atoms with Crippen LogP contribution in [0.2, 0.25) is 0 Å². The van der Waals surface area contributed by atoms with Crippen LogP contribution in [0.15, 0.2) is 11.1 Å². The van der Waals surface area contributed by atoms with Gasteiger partial charge in [-0.2, -0.15) is 0 Å². The van der Waals surface area contributed by atoms with Crippen molar-refractivity contribution in [3.63, 3.8) is 0 Å². The Kier molecular flexibility index (Phi) is 4.24. The number of ether oxygens (including phenoxy) is 2. The van der Waals surface area contributed by atoms with Gasteiger partial charge in [0.15, 0.2) is 5.78 Å². The molecule has 0 aliphatic heterocycles. The molecule has 0 N–H and O–H groups in total. The summed E-state index contributed by atoms with van der Waals surface area (Å²) in [7, 11) is 1.69. The summed E-state index contributed by atoms with van der Waals surface area (Å²) in [5.74, 6) is 1.74. The Labute approximate surface area is 128 Å². The summed E-state index contributed by atoms with van der Waals surface area (Å²) in [6, 6.07) is 0. The first-order valence-corrected chi connectivity index (χ1v) is 8.47. The Bertz CT molecular complexity index is 453. The largest absolute Gasteiger partial charge is 0.359 e. The fraction of sp³-hybridized carbons (Fsp3) is 0.833. The van der Waals surface area contributed by atoms with E-state index in [9.17, 15) is 4.79 Å². The molecule has 2 fully saturated rings. The van der Waals surface area contributed by atoms with Gasteiger partial charge in [-0.05, 0) is 61.3 Å². The van der Waals surface area contributed by atoms with E-state index in [4.69, 9.17) is 9.47 Å². The minimum absolute atomic E-state index is 0.270. The highest BCUT2D eigenvalue weighted by atomic mass is 16.7. The van der Waals surface area contributed by atoms with Crippen LogP contribution in [0.4, 0.5) is 0 Å². The van der Waals surface area contributed by atoms with Gasteiger partial charge >= 0.3 is 0 Å². The third-order valence-corrected chi connectivity index (χ3v) is 6.34. The van der Waals surface area contributed by atoms with Gasteiger partial charge in [-0.25, -0.2) is 0 Å². The molecule has 3 heteroatoms. The van der Waals surface area contributed by atoms with E-state index in [1.165, 1.54) is 12.0 Å². The molecular formula is C18H28O3. The maximum atomic E-state index is 12.2. The summed E-state index contributed by atoms with van der Waals surface area (Å²) < 4.78 is 11.1. The van der Waals surface area contributed by atoms with E-state index in [0.29, 0.717) is 30.5 Å². The number of methoxy groups -OCH3 is 1. The lowest BCUT2D eigenvalue weighted by Gasteiger charge is -2.47. The number of fused-ring (bicyclic) bond motifs is 3. The molecule has 0 radical (unpaired) electrons. The van der Waals surface area contributed by atoms with Gasteiger partial charge in [-0.3, -0.25) is 4.79 Å². The molecule has 21 heavy (non-hydrogen) atoms. The van der Waals surface area contributed by atoms with Crippen molar-refractivity contribution in [2.75, 3.05) is 13.9 Å². The molecule has 0 saturated heterocycles. The maximum Gasteiger partial charge on any atom is 0.158 e. The molecule has 0 aromatic heterocycles. The Morgan fingerprint density at radius 1 is 1.24 bits per heavy atom. The lowest BCUT2D eigenvalue weighted by molar-refractivity contribution is -0.122. The number of carbonyl (C=O) groups excluding carboxylic acids is 1. The second-order valence-corrected chi connectivity index (χ2v) is 7.18. The molecule has 3 aliphatic carbocycles. The van der Waals surface area contributed by atoms with Crippen LogP contribution in [-0.4, -0.2) is 25.8 Å². The molecule has 3 rings (SSSR count). The van der Waals surface area contributed by atoms with Crippen molar-refractivity contribution in [3.8, 4) is 0 Å². The molecule has 3 unspecified atom stereocenters. The van der Waals surface area contributed by atoms with Crippen molar-refractivity contribution in [2.24, 2.45) is 17.3 Å². The Balaban J connectivity index is 1.86. The van der Waals surface area contributed by atoms with Crippen molar-refractivity contribution >= 4 is 5.78 Å². The van der Waals surface area contributed by atoms with Crippen LogP contribution in [0.3, 0.4) is 0 Å². The number of Topliss-reactive ketones (excluding diaryl/α,β-unsaturated/α-hetero) is 1. The summed E-state index contributed by atoms with van der Waals surface area (Å²) in [4.78, 5) is 12.2. The summed E-state index contributed by atoms with van der Waals surface area (Å²) in [6.45, 7) is 4.94. The van der Waals surface area contributed by atoms with Crippen LogP contribution in [0.5, 0.6) is 0 Å². The second-order valence-electron chi connectivity index (χ2n) is 7.18. The van der Waals surface area contributed by atoms with E-state index in [1.54, 1.807) is 7.11 Å². The van der Waals surface area contributed by atoms with E-state index >= 15 is 0 Å². The highest BCUT2D eigenvalue weighted by molar-refractivity contribution is 5.97. The molecule has 2 saturated carbocycles. The highest BCUT2D eigenvalue weighted by Gasteiger charge is 2.54. The number of allylic oxidation sites excluding steroid dienone is 2. The number of hydrogen-bond donors (Lipinski definition) is 0. The normalized spacial score (nSPS) is 39.4. The zero-order valence-corrected chi connectivity index (χ0v) is 13.6. The molecule has 0 aromatic rings. The Hall–Kier alpha value is -0.670. The predicted octanol–water partition coefficient (Wildman–Crippen LogP) is 3.87. The number of hydrogen-bond acceptors (Lipinski definition) is 3. The average molecular weight is 292 g/mol. The molecule has 118 valence electrons. The van der Waals surface area contributed by atoms with Gasteiger partial charge in [0.25, 0.3) is 0 Å². The van der Waals surface area contributed by atoms with E-state index in [0.717, 1.165) is 44.1 Å². The summed E-state index contributed by atoms with van der Waals surface area (Å²) in [5.41, 5.74) is 2.93. The van der Waals surface area contributed by atoms with Crippen molar-refractivity contribution in [2.45, 2.75) is 64.9 Å². The molecule has 0 heterocycles. The SMILES string of the molecule is CCC1=C2CC[C@@]3(C)C(OCOC)CCC3C2CCC1=O. The first kappa shape index (κ1) is 15.2. The molecule has 4 atom stereocenters. The van der Waals surface area contributed by atoms with Gasteiger partial charge in [0.1, 0.15) is 6.79 Å². The van der Waals surface area contributed by atoms with Gasteiger partial charge in [0.05, 0.1) is 6.10 Å². The molecule has 3 nitrogen and oxygen atoms in total. The maximum absolute atomic E-state index is 12.2. The molecule has 3 aliphatic rings. The monoisotopic (exact) mass is 292 g/mol. The van der Waals surface area contributed by atoms with Crippen LogP contribution in [0, 0.1) is 17.3 Å². The van der Waals surface area contributed by atoms with Crippen LogP contribution < -0.4 is 0 Å². The van der Waals surface area contributed by atoms with Crippen molar-refractivity contribution in [1.29, 1.82) is 0 Å². The minimum atomic E-state index is 0.270. The summed E-state index contributed by atoms with van der Waals surface area (Å²) in [5, 5.41) is 0. The van der Waals surface area contributed by atoms with Gasteiger partial charge in [-0.15, -0.1) is 0 Å². The average Bonchev–Trinajstić information content (AvgIpc) is 2.82. The fourth-order valence-corrected chi connectivity index (χ4v) is 5.28. The quantitative estimate of drug-likeness (QED) is 0.738. The first-order valence-electron chi connectivity index (χ1n) is 8.47. The van der Waals surface area contributed by atoms with Crippen molar-refractivity contribution < 1.29 is 14.3 Å². The first-order chi connectivity index (χ1) is 10.1. The van der Waals surface area contributed by atoms with E-state index in [2.05, 4.69) is 13.8 Å². The molecule has 0 bridgehead atoms. The summed E-state index contributed by atoms with van der Waals surface area (Å²) >= 11 is 0. The third-order valence-electron chi connectivity index (χ3n) is 6.34. The summed E-state index contributed by atoms with van der Waals surface area (Å²) in [6.07, 6.45) is 7.70. The minimum Gasteiger partial charge on any atom is -0.359 e. The van der Waals surface area contributed by atoms with E-state index < -0.39 is 0 Å². The van der Waals surface area contributed by atoms with Gasteiger partial charge in [0, 0.05) is 13.5 Å². The van der Waals surface area contributed by atoms with Gasteiger partial charge in [0.2, 0.25) is 0 Å². The topological polar surface area (TPSA) is 35.5 Å². The number of carbonyl (C=O) groups is 1. The predicted molar refractivity (Wildman–Crippen MR) is 81.9 cm³/mol. The number of rotatable bonds is 4. The van der Waals surface area contributed by atoms with E-state index in [1.807, 2.05) is 0 Å². The Morgan fingerprint density at radius 3 is 2.76 bits per heavy atom. The van der Waals surface area contributed by atoms with Crippen LogP contribution in [0.1, 0.15) is 58.8 Å².